The molecule has 2 rings (SSSR count). The van der Waals surface area contributed by atoms with Crippen LogP contribution in [0, 0.1) is 5.41 Å². The van der Waals surface area contributed by atoms with Gasteiger partial charge in [-0.05, 0) is 13.5 Å². The van der Waals surface area contributed by atoms with Gasteiger partial charge in [0, 0.05) is 17.6 Å². The maximum atomic E-state index is 9.37. The minimum absolute atomic E-state index is 0.0421. The van der Waals surface area contributed by atoms with Gasteiger partial charge in [-0.15, -0.1) is 11.3 Å². The smallest absolute Gasteiger partial charge is 0.107 e. The molecule has 1 saturated heterocycles. The number of thiazole rings is 1. The molecular weight excluding hydrogens is 236 g/mol. The van der Waals surface area contributed by atoms with Gasteiger partial charge < -0.3 is 9.84 Å². The Morgan fingerprint density at radius 2 is 2.35 bits per heavy atom. The van der Waals surface area contributed by atoms with Crippen LogP contribution in [0.2, 0.25) is 0 Å². The summed E-state index contributed by atoms with van der Waals surface area (Å²) >= 11 is 1.77. The van der Waals surface area contributed by atoms with Crippen LogP contribution in [0.4, 0.5) is 0 Å². The molecule has 2 heterocycles. The van der Waals surface area contributed by atoms with Crippen LogP contribution in [-0.2, 0) is 17.7 Å². The number of aliphatic hydroxyl groups excluding tert-OH is 1. The molecule has 5 heteroatoms. The monoisotopic (exact) mass is 256 g/mol. The average molecular weight is 256 g/mol. The maximum Gasteiger partial charge on any atom is 0.107 e. The van der Waals surface area contributed by atoms with E-state index in [2.05, 4.69) is 23.9 Å². The first-order chi connectivity index (χ1) is 8.17. The van der Waals surface area contributed by atoms with Crippen LogP contribution in [0.25, 0.3) is 0 Å². The van der Waals surface area contributed by atoms with Crippen molar-refractivity contribution in [3.05, 3.63) is 16.1 Å². The zero-order valence-electron chi connectivity index (χ0n) is 10.5. The molecule has 1 N–H and O–H groups in total. The molecule has 1 aromatic rings. The van der Waals surface area contributed by atoms with E-state index in [1.54, 1.807) is 11.3 Å². The predicted molar refractivity (Wildman–Crippen MR) is 68.2 cm³/mol. The van der Waals surface area contributed by atoms with E-state index >= 15 is 0 Å². The Morgan fingerprint density at radius 1 is 1.59 bits per heavy atom. The Hall–Kier alpha value is -0.490. The van der Waals surface area contributed by atoms with Crippen molar-refractivity contribution in [1.29, 1.82) is 0 Å². The van der Waals surface area contributed by atoms with E-state index in [1.807, 2.05) is 6.20 Å². The molecule has 0 bridgehead atoms. The third-order valence-electron chi connectivity index (χ3n) is 3.11. The van der Waals surface area contributed by atoms with Gasteiger partial charge in [0.05, 0.1) is 31.8 Å². The Morgan fingerprint density at radius 3 is 2.82 bits per heavy atom. The molecule has 1 aromatic heterocycles. The van der Waals surface area contributed by atoms with Gasteiger partial charge in [0.1, 0.15) is 5.01 Å². The number of aryl methyl sites for hydroxylation is 1. The van der Waals surface area contributed by atoms with Crippen molar-refractivity contribution in [1.82, 2.24) is 9.88 Å². The molecule has 1 fully saturated rings. The van der Waals surface area contributed by atoms with E-state index in [0.717, 1.165) is 24.5 Å². The van der Waals surface area contributed by atoms with Gasteiger partial charge in [-0.25, -0.2) is 4.98 Å². The van der Waals surface area contributed by atoms with Crippen molar-refractivity contribution in [3.8, 4) is 0 Å². The predicted octanol–water partition coefficient (Wildman–Crippen LogP) is 1.15. The van der Waals surface area contributed by atoms with E-state index in [0.29, 0.717) is 13.2 Å². The van der Waals surface area contributed by atoms with Crippen molar-refractivity contribution >= 4 is 11.3 Å². The Balaban J connectivity index is 1.86. The number of ether oxygens (including phenoxy) is 1. The van der Waals surface area contributed by atoms with Gasteiger partial charge in [0.15, 0.2) is 0 Å². The van der Waals surface area contributed by atoms with Crippen molar-refractivity contribution in [2.75, 3.05) is 33.4 Å². The molecular formula is C12H20N2O2S. The molecule has 0 saturated carbocycles. The zero-order chi connectivity index (χ0) is 12.3. The summed E-state index contributed by atoms with van der Waals surface area (Å²) in [5.41, 5.74) is -0.0421. The number of rotatable bonds is 6. The van der Waals surface area contributed by atoms with E-state index in [9.17, 15) is 5.11 Å². The second-order valence-corrected chi connectivity index (χ2v) is 6.10. The third-order valence-corrected chi connectivity index (χ3v) is 4.24. The molecule has 0 aromatic carbocycles. The largest absolute Gasteiger partial charge is 0.396 e. The summed E-state index contributed by atoms with van der Waals surface area (Å²) in [6.45, 7) is 5.41. The number of aliphatic hydroxyl groups is 1. The van der Waals surface area contributed by atoms with Crippen LogP contribution in [0.15, 0.2) is 6.20 Å². The van der Waals surface area contributed by atoms with E-state index in [-0.39, 0.29) is 12.0 Å². The highest BCUT2D eigenvalue weighted by Gasteiger charge is 2.38. The summed E-state index contributed by atoms with van der Waals surface area (Å²) in [6.07, 6.45) is 3.01. The van der Waals surface area contributed by atoms with Crippen LogP contribution in [0.3, 0.4) is 0 Å². The molecule has 1 aliphatic rings. The highest BCUT2D eigenvalue weighted by Crippen LogP contribution is 2.28. The number of hydrogen-bond acceptors (Lipinski definition) is 5. The summed E-state index contributed by atoms with van der Waals surface area (Å²) in [7, 11) is 2.07. The highest BCUT2D eigenvalue weighted by atomic mass is 32.1. The quantitative estimate of drug-likeness (QED) is 0.829. The fourth-order valence-corrected chi connectivity index (χ4v) is 3.01. The lowest BCUT2D eigenvalue weighted by molar-refractivity contribution is -0.147. The van der Waals surface area contributed by atoms with Gasteiger partial charge in [-0.2, -0.15) is 0 Å². The summed E-state index contributed by atoms with van der Waals surface area (Å²) in [5, 5.41) is 10.5. The van der Waals surface area contributed by atoms with Gasteiger partial charge in [0.2, 0.25) is 0 Å². The minimum atomic E-state index is -0.0421. The lowest BCUT2D eigenvalue weighted by Crippen LogP contribution is -2.52. The van der Waals surface area contributed by atoms with Crippen molar-refractivity contribution in [2.24, 2.45) is 5.41 Å². The Bertz CT molecular complexity index is 358. The Kier molecular flexibility index (Phi) is 4.14. The van der Waals surface area contributed by atoms with Crippen molar-refractivity contribution in [2.45, 2.75) is 19.9 Å². The first-order valence-electron chi connectivity index (χ1n) is 5.98. The second-order valence-electron chi connectivity index (χ2n) is 4.90. The molecule has 1 aliphatic heterocycles. The SMILES string of the molecule is CCc1cnc(CN(C)CC2(CO)COC2)s1. The Labute approximate surface area is 106 Å². The zero-order valence-corrected chi connectivity index (χ0v) is 11.3. The van der Waals surface area contributed by atoms with Crippen LogP contribution in [0.5, 0.6) is 0 Å². The molecule has 0 radical (unpaired) electrons. The van der Waals surface area contributed by atoms with E-state index in [1.165, 1.54) is 4.88 Å². The minimum Gasteiger partial charge on any atom is -0.396 e. The lowest BCUT2D eigenvalue weighted by Gasteiger charge is -2.42. The number of aromatic nitrogens is 1. The number of hydrogen-bond donors (Lipinski definition) is 1. The average Bonchev–Trinajstić information content (AvgIpc) is 2.71. The van der Waals surface area contributed by atoms with Crippen molar-refractivity contribution < 1.29 is 9.84 Å². The summed E-state index contributed by atoms with van der Waals surface area (Å²) in [6, 6.07) is 0. The maximum absolute atomic E-state index is 9.37. The molecule has 0 spiro atoms. The fourth-order valence-electron chi connectivity index (χ4n) is 2.07. The van der Waals surface area contributed by atoms with Crippen LogP contribution >= 0.6 is 11.3 Å². The molecule has 17 heavy (non-hydrogen) atoms. The molecule has 0 amide bonds. The topological polar surface area (TPSA) is 45.6 Å². The molecule has 0 unspecified atom stereocenters. The summed E-state index contributed by atoms with van der Waals surface area (Å²) in [5.74, 6) is 0. The first kappa shape index (κ1) is 13.0. The first-order valence-corrected chi connectivity index (χ1v) is 6.80. The summed E-state index contributed by atoms with van der Waals surface area (Å²) in [4.78, 5) is 7.96. The van der Waals surface area contributed by atoms with Gasteiger partial charge in [0.25, 0.3) is 0 Å². The molecule has 0 aliphatic carbocycles. The second kappa shape index (κ2) is 5.44. The van der Waals surface area contributed by atoms with E-state index < -0.39 is 0 Å². The molecule has 4 nitrogen and oxygen atoms in total. The van der Waals surface area contributed by atoms with Gasteiger partial charge in [-0.1, -0.05) is 6.92 Å². The van der Waals surface area contributed by atoms with Crippen LogP contribution in [-0.4, -0.2) is 48.4 Å². The standard InChI is InChI=1S/C12H20N2O2S/c1-3-10-4-13-11(17-10)5-14(2)6-12(7-15)8-16-9-12/h4,15H,3,5-9H2,1-2H3. The van der Waals surface area contributed by atoms with Gasteiger partial charge >= 0.3 is 0 Å². The van der Waals surface area contributed by atoms with Crippen molar-refractivity contribution in [3.63, 3.8) is 0 Å². The lowest BCUT2D eigenvalue weighted by atomic mass is 9.86. The van der Waals surface area contributed by atoms with Crippen LogP contribution in [0.1, 0.15) is 16.8 Å². The summed E-state index contributed by atoms with van der Waals surface area (Å²) < 4.78 is 5.20. The van der Waals surface area contributed by atoms with Crippen LogP contribution < -0.4 is 0 Å². The van der Waals surface area contributed by atoms with Gasteiger partial charge in [-0.3, -0.25) is 4.90 Å². The fraction of sp³-hybridized carbons (Fsp3) is 0.750. The normalized spacial score (nSPS) is 18.4. The highest BCUT2D eigenvalue weighted by molar-refractivity contribution is 7.11. The third kappa shape index (κ3) is 3.04. The number of nitrogens with zero attached hydrogens (tertiary/aromatic N) is 2. The van der Waals surface area contributed by atoms with E-state index in [4.69, 9.17) is 4.74 Å². The molecule has 96 valence electrons. The molecule has 0 atom stereocenters.